The lowest BCUT2D eigenvalue weighted by Crippen LogP contribution is -2.55. The van der Waals surface area contributed by atoms with E-state index in [1.165, 1.54) is 19.3 Å². The Kier molecular flexibility index (Phi) is 2.13. The zero-order valence-corrected chi connectivity index (χ0v) is 9.61. The van der Waals surface area contributed by atoms with Gasteiger partial charge < -0.3 is 10.2 Å². The van der Waals surface area contributed by atoms with Gasteiger partial charge in [0.15, 0.2) is 0 Å². The first-order valence-electron chi connectivity index (χ1n) is 6.43. The zero-order chi connectivity index (χ0) is 11.4. The molecule has 4 aliphatic rings. The van der Waals surface area contributed by atoms with Gasteiger partial charge in [-0.15, -0.1) is 0 Å². The number of hydrogen-bond donors (Lipinski definition) is 2. The highest BCUT2D eigenvalue weighted by Gasteiger charge is 2.56. The van der Waals surface area contributed by atoms with E-state index < -0.39 is 11.6 Å². The monoisotopic (exact) mass is 224 g/mol. The van der Waals surface area contributed by atoms with Crippen molar-refractivity contribution in [2.75, 3.05) is 0 Å². The van der Waals surface area contributed by atoms with Gasteiger partial charge in [-0.2, -0.15) is 0 Å². The molecule has 2 N–H and O–H groups in total. The molecule has 0 aliphatic heterocycles. The number of hydrogen-bond acceptors (Lipinski definition) is 2. The summed E-state index contributed by atoms with van der Waals surface area (Å²) in [6.45, 7) is 0. The maximum absolute atomic E-state index is 10.7. The van der Waals surface area contributed by atoms with Gasteiger partial charge in [-0.05, 0) is 62.2 Å². The highest BCUT2D eigenvalue weighted by atomic mass is 16.4. The molecular formula is C13H20O3. The number of aliphatic carboxylic acids is 1. The summed E-state index contributed by atoms with van der Waals surface area (Å²) >= 11 is 0. The molecule has 4 fully saturated rings. The minimum absolute atomic E-state index is 0.164. The van der Waals surface area contributed by atoms with Crippen LogP contribution in [0.3, 0.4) is 0 Å². The summed E-state index contributed by atoms with van der Waals surface area (Å²) in [6.07, 6.45) is 7.46. The second-order valence-electron chi connectivity index (χ2n) is 6.58. The minimum atomic E-state index is -0.692. The molecule has 0 aromatic heterocycles. The van der Waals surface area contributed by atoms with E-state index in [9.17, 15) is 9.90 Å². The summed E-state index contributed by atoms with van der Waals surface area (Å²) in [4.78, 5) is 10.7. The second-order valence-corrected chi connectivity index (χ2v) is 6.58. The van der Waals surface area contributed by atoms with E-state index in [1.807, 2.05) is 0 Å². The largest absolute Gasteiger partial charge is 0.481 e. The van der Waals surface area contributed by atoms with Crippen LogP contribution in [-0.2, 0) is 4.79 Å². The van der Waals surface area contributed by atoms with Crippen molar-refractivity contribution < 1.29 is 15.0 Å². The van der Waals surface area contributed by atoms with Crippen molar-refractivity contribution in [3.63, 3.8) is 0 Å². The summed E-state index contributed by atoms with van der Waals surface area (Å²) < 4.78 is 0. The van der Waals surface area contributed by atoms with Gasteiger partial charge in [0.25, 0.3) is 0 Å². The molecule has 4 saturated carbocycles. The van der Waals surface area contributed by atoms with Crippen molar-refractivity contribution in [3.8, 4) is 0 Å². The number of aliphatic hydroxyl groups is 1. The fourth-order valence-corrected chi connectivity index (χ4v) is 5.07. The van der Waals surface area contributed by atoms with Gasteiger partial charge in [0.2, 0.25) is 0 Å². The Hall–Kier alpha value is -0.570. The van der Waals surface area contributed by atoms with Crippen LogP contribution in [0.5, 0.6) is 0 Å². The summed E-state index contributed by atoms with van der Waals surface area (Å²) in [5.74, 6) is 0.642. The lowest BCUT2D eigenvalue weighted by molar-refractivity contribution is -0.168. The Morgan fingerprint density at radius 2 is 1.81 bits per heavy atom. The highest BCUT2D eigenvalue weighted by Crippen LogP contribution is 2.63. The summed E-state index contributed by atoms with van der Waals surface area (Å²) in [5.41, 5.74) is -0.278. The van der Waals surface area contributed by atoms with Crippen LogP contribution in [0.2, 0.25) is 0 Å². The van der Waals surface area contributed by atoms with Crippen LogP contribution in [0.4, 0.5) is 0 Å². The lowest BCUT2D eigenvalue weighted by atomic mass is 9.47. The first-order valence-corrected chi connectivity index (χ1v) is 6.43. The SMILES string of the molecule is O=C(O)CCC12C[C@@H]3C[C@@H](CC(O)(C3)C1)C2. The van der Waals surface area contributed by atoms with Crippen molar-refractivity contribution in [2.45, 2.75) is 57.0 Å². The molecule has 0 aromatic rings. The van der Waals surface area contributed by atoms with Crippen molar-refractivity contribution in [1.29, 1.82) is 0 Å². The van der Waals surface area contributed by atoms with Gasteiger partial charge in [0.05, 0.1) is 5.60 Å². The van der Waals surface area contributed by atoms with Crippen LogP contribution < -0.4 is 0 Å². The van der Waals surface area contributed by atoms with E-state index in [2.05, 4.69) is 0 Å². The molecule has 3 nitrogen and oxygen atoms in total. The van der Waals surface area contributed by atoms with Crippen LogP contribution in [0.15, 0.2) is 0 Å². The third-order valence-electron chi connectivity index (χ3n) is 5.02. The van der Waals surface area contributed by atoms with E-state index in [0.29, 0.717) is 11.8 Å². The van der Waals surface area contributed by atoms with Gasteiger partial charge in [0, 0.05) is 6.42 Å². The molecule has 4 aliphatic carbocycles. The average Bonchev–Trinajstić information content (AvgIpc) is 2.10. The van der Waals surface area contributed by atoms with Gasteiger partial charge in [-0.3, -0.25) is 4.79 Å². The molecule has 0 heterocycles. The van der Waals surface area contributed by atoms with E-state index in [1.54, 1.807) is 0 Å². The molecule has 0 amide bonds. The van der Waals surface area contributed by atoms with Crippen molar-refractivity contribution in [2.24, 2.45) is 17.3 Å². The predicted octanol–water partition coefficient (Wildman–Crippen LogP) is 2.18. The third-order valence-corrected chi connectivity index (χ3v) is 5.02. The lowest BCUT2D eigenvalue weighted by Gasteiger charge is -2.60. The van der Waals surface area contributed by atoms with Crippen LogP contribution >= 0.6 is 0 Å². The van der Waals surface area contributed by atoms with Crippen LogP contribution in [0.25, 0.3) is 0 Å². The second kappa shape index (κ2) is 3.22. The Morgan fingerprint density at radius 3 is 2.31 bits per heavy atom. The molecule has 4 atom stereocenters. The first-order chi connectivity index (χ1) is 7.49. The van der Waals surface area contributed by atoms with Gasteiger partial charge in [-0.25, -0.2) is 0 Å². The van der Waals surface area contributed by atoms with Gasteiger partial charge in [0.1, 0.15) is 0 Å². The van der Waals surface area contributed by atoms with Gasteiger partial charge >= 0.3 is 5.97 Å². The summed E-state index contributed by atoms with van der Waals surface area (Å²) in [5, 5.41) is 19.3. The van der Waals surface area contributed by atoms with E-state index in [0.717, 1.165) is 25.7 Å². The molecule has 16 heavy (non-hydrogen) atoms. The number of carbonyl (C=O) groups is 1. The molecule has 2 unspecified atom stereocenters. The van der Waals surface area contributed by atoms with Crippen molar-refractivity contribution in [1.82, 2.24) is 0 Å². The molecule has 4 bridgehead atoms. The maximum atomic E-state index is 10.7. The molecule has 4 rings (SSSR count). The van der Waals surface area contributed by atoms with Gasteiger partial charge in [-0.1, -0.05) is 0 Å². The highest BCUT2D eigenvalue weighted by molar-refractivity contribution is 5.66. The summed E-state index contributed by atoms with van der Waals surface area (Å²) in [6, 6.07) is 0. The average molecular weight is 224 g/mol. The molecule has 3 heteroatoms. The van der Waals surface area contributed by atoms with Crippen molar-refractivity contribution in [3.05, 3.63) is 0 Å². The Bertz CT molecular complexity index is 309. The number of rotatable bonds is 3. The first kappa shape index (κ1) is 10.6. The molecule has 0 aromatic carbocycles. The normalized spacial score (nSPS) is 49.6. The topological polar surface area (TPSA) is 57.5 Å². The third kappa shape index (κ3) is 1.65. The minimum Gasteiger partial charge on any atom is -0.481 e. The zero-order valence-electron chi connectivity index (χ0n) is 9.61. The Labute approximate surface area is 95.9 Å². The van der Waals surface area contributed by atoms with E-state index >= 15 is 0 Å². The van der Waals surface area contributed by atoms with E-state index in [-0.39, 0.29) is 11.8 Å². The number of carboxylic acid groups (broad SMARTS) is 1. The van der Waals surface area contributed by atoms with E-state index in [4.69, 9.17) is 5.11 Å². The van der Waals surface area contributed by atoms with Crippen LogP contribution in [-0.4, -0.2) is 21.8 Å². The Morgan fingerprint density at radius 1 is 1.19 bits per heavy atom. The fraction of sp³-hybridized carbons (Fsp3) is 0.923. The molecule has 0 saturated heterocycles. The molecule has 90 valence electrons. The molecular weight excluding hydrogens is 204 g/mol. The van der Waals surface area contributed by atoms with Crippen LogP contribution in [0, 0.1) is 17.3 Å². The molecule has 0 radical (unpaired) electrons. The predicted molar refractivity (Wildman–Crippen MR) is 58.9 cm³/mol. The summed E-state index contributed by atoms with van der Waals surface area (Å²) in [7, 11) is 0. The fourth-order valence-electron chi connectivity index (χ4n) is 5.07. The Balaban J connectivity index is 1.78. The standard InChI is InChI=1S/C13H20O3/c14-11(15)1-2-12-4-9-3-10(5-12)7-13(16,6-9)8-12/h9-10,16H,1-8H2,(H,14,15)/t9-,10+,12?,13?. The number of carboxylic acids is 1. The quantitative estimate of drug-likeness (QED) is 0.772. The van der Waals surface area contributed by atoms with Crippen molar-refractivity contribution >= 4 is 5.97 Å². The molecule has 0 spiro atoms. The van der Waals surface area contributed by atoms with Crippen LogP contribution in [0.1, 0.15) is 51.4 Å². The smallest absolute Gasteiger partial charge is 0.303 e. The maximum Gasteiger partial charge on any atom is 0.303 e.